The van der Waals surface area contributed by atoms with Crippen LogP contribution < -0.4 is 10.6 Å². The summed E-state index contributed by atoms with van der Waals surface area (Å²) in [7, 11) is 0. The Labute approximate surface area is 192 Å². The summed E-state index contributed by atoms with van der Waals surface area (Å²) in [6.07, 6.45) is 6.66. The Hall–Kier alpha value is -2.64. The van der Waals surface area contributed by atoms with E-state index in [0.29, 0.717) is 30.3 Å². The van der Waals surface area contributed by atoms with Gasteiger partial charge in [-0.15, -0.1) is 11.3 Å². The number of thiophene rings is 1. The maximum absolute atomic E-state index is 13.0. The van der Waals surface area contributed by atoms with Gasteiger partial charge >= 0.3 is 0 Å². The Balaban J connectivity index is 1.49. The highest BCUT2D eigenvalue weighted by Gasteiger charge is 2.26. The number of carbonyl (C=O) groups is 2. The molecule has 0 bridgehead atoms. The van der Waals surface area contributed by atoms with Crippen molar-refractivity contribution in [3.63, 3.8) is 0 Å². The molecule has 0 saturated carbocycles. The normalized spacial score (nSPS) is 13.2. The van der Waals surface area contributed by atoms with Crippen LogP contribution in [0.15, 0.2) is 28.9 Å². The first kappa shape index (κ1) is 22.6. The maximum Gasteiger partial charge on any atom is 0.254 e. The SMILES string of the molecule is CCOCCCNC(=O)c1c(NC(=O)Cc2coc3cc(C)ccc23)sc2c1CCCC2. The highest BCUT2D eigenvalue weighted by Crippen LogP contribution is 2.38. The van der Waals surface area contributed by atoms with Crippen molar-refractivity contribution in [2.45, 2.75) is 52.4 Å². The molecule has 0 fully saturated rings. The number of hydrogen-bond acceptors (Lipinski definition) is 5. The van der Waals surface area contributed by atoms with Crippen LogP contribution in [0.2, 0.25) is 0 Å². The number of aryl methyl sites for hydroxylation is 2. The van der Waals surface area contributed by atoms with Crippen LogP contribution in [0.25, 0.3) is 11.0 Å². The molecular weight excluding hydrogens is 424 g/mol. The third-order valence-electron chi connectivity index (χ3n) is 5.77. The van der Waals surface area contributed by atoms with Crippen LogP contribution in [-0.2, 0) is 28.8 Å². The van der Waals surface area contributed by atoms with E-state index in [1.807, 2.05) is 32.0 Å². The van der Waals surface area contributed by atoms with Crippen molar-refractivity contribution in [3.05, 3.63) is 51.6 Å². The fourth-order valence-corrected chi connectivity index (χ4v) is 5.48. The average Bonchev–Trinajstić information content (AvgIpc) is 3.33. The van der Waals surface area contributed by atoms with E-state index in [1.54, 1.807) is 17.6 Å². The van der Waals surface area contributed by atoms with Crippen LogP contribution in [-0.4, -0.2) is 31.6 Å². The summed E-state index contributed by atoms with van der Waals surface area (Å²) in [5, 5.41) is 7.64. The first-order valence-electron chi connectivity index (χ1n) is 11.3. The molecule has 170 valence electrons. The van der Waals surface area contributed by atoms with Crippen LogP contribution in [0.4, 0.5) is 5.00 Å². The molecule has 2 heterocycles. The third kappa shape index (κ3) is 5.05. The van der Waals surface area contributed by atoms with Gasteiger partial charge in [-0.1, -0.05) is 12.1 Å². The van der Waals surface area contributed by atoms with E-state index in [0.717, 1.165) is 59.8 Å². The zero-order valence-corrected chi connectivity index (χ0v) is 19.5. The second-order valence-electron chi connectivity index (χ2n) is 8.21. The lowest BCUT2D eigenvalue weighted by atomic mass is 9.95. The molecule has 1 aliphatic rings. The minimum absolute atomic E-state index is 0.111. The third-order valence-corrected chi connectivity index (χ3v) is 6.98. The monoisotopic (exact) mass is 454 g/mol. The van der Waals surface area contributed by atoms with Crippen LogP contribution >= 0.6 is 11.3 Å². The fraction of sp³-hybridized carbons (Fsp3) is 0.440. The number of benzene rings is 1. The number of ether oxygens (including phenoxy) is 1. The first-order valence-corrected chi connectivity index (χ1v) is 12.2. The molecule has 4 rings (SSSR count). The molecule has 0 spiro atoms. The lowest BCUT2D eigenvalue weighted by Gasteiger charge is -2.13. The largest absolute Gasteiger partial charge is 0.464 e. The molecule has 1 aliphatic carbocycles. The first-order chi connectivity index (χ1) is 15.6. The number of carbonyl (C=O) groups excluding carboxylic acids is 2. The maximum atomic E-state index is 13.0. The van der Waals surface area contributed by atoms with E-state index >= 15 is 0 Å². The summed E-state index contributed by atoms with van der Waals surface area (Å²) in [6.45, 7) is 5.82. The van der Waals surface area contributed by atoms with E-state index < -0.39 is 0 Å². The highest BCUT2D eigenvalue weighted by atomic mass is 32.1. The minimum atomic E-state index is -0.141. The van der Waals surface area contributed by atoms with E-state index in [1.165, 1.54) is 4.88 Å². The summed E-state index contributed by atoms with van der Waals surface area (Å²) in [5.41, 5.74) is 4.49. The van der Waals surface area contributed by atoms with Crippen LogP contribution in [0, 0.1) is 6.92 Å². The van der Waals surface area contributed by atoms with E-state index in [2.05, 4.69) is 10.6 Å². The number of anilines is 1. The molecule has 0 unspecified atom stereocenters. The molecule has 2 N–H and O–H groups in total. The molecule has 6 nitrogen and oxygen atoms in total. The van der Waals surface area contributed by atoms with Crippen molar-refractivity contribution >= 4 is 39.1 Å². The van der Waals surface area contributed by atoms with Gasteiger partial charge in [0.15, 0.2) is 0 Å². The summed E-state index contributed by atoms with van der Waals surface area (Å²) in [5.74, 6) is -0.252. The summed E-state index contributed by atoms with van der Waals surface area (Å²) < 4.78 is 11.0. The van der Waals surface area contributed by atoms with Gasteiger partial charge in [0, 0.05) is 35.6 Å². The van der Waals surface area contributed by atoms with Crippen LogP contribution in [0.1, 0.15) is 58.1 Å². The van der Waals surface area contributed by atoms with Crippen molar-refractivity contribution in [3.8, 4) is 0 Å². The average molecular weight is 455 g/mol. The molecule has 1 aromatic carbocycles. The van der Waals surface area contributed by atoms with Crippen molar-refractivity contribution in [2.24, 2.45) is 0 Å². The minimum Gasteiger partial charge on any atom is -0.464 e. The Morgan fingerprint density at radius 3 is 2.91 bits per heavy atom. The van der Waals surface area contributed by atoms with Crippen molar-refractivity contribution in [1.29, 1.82) is 0 Å². The van der Waals surface area contributed by atoms with Gasteiger partial charge < -0.3 is 19.8 Å². The molecule has 32 heavy (non-hydrogen) atoms. The molecule has 0 atom stereocenters. The van der Waals surface area contributed by atoms with Gasteiger partial charge in [-0.2, -0.15) is 0 Å². The van der Waals surface area contributed by atoms with Crippen molar-refractivity contribution < 1.29 is 18.7 Å². The number of nitrogens with one attached hydrogen (secondary N) is 2. The van der Waals surface area contributed by atoms with E-state index in [-0.39, 0.29) is 18.2 Å². The molecule has 2 aromatic heterocycles. The zero-order chi connectivity index (χ0) is 22.5. The van der Waals surface area contributed by atoms with Gasteiger partial charge in [-0.25, -0.2) is 0 Å². The van der Waals surface area contributed by atoms with Gasteiger partial charge in [0.2, 0.25) is 5.91 Å². The smallest absolute Gasteiger partial charge is 0.254 e. The lowest BCUT2D eigenvalue weighted by Crippen LogP contribution is -2.27. The second-order valence-corrected chi connectivity index (χ2v) is 9.31. The van der Waals surface area contributed by atoms with E-state index in [4.69, 9.17) is 9.15 Å². The summed E-state index contributed by atoms with van der Waals surface area (Å²) >= 11 is 1.54. The number of fused-ring (bicyclic) bond motifs is 2. The second kappa shape index (κ2) is 10.3. The number of amides is 2. The molecule has 0 radical (unpaired) electrons. The Morgan fingerprint density at radius 1 is 1.22 bits per heavy atom. The quantitative estimate of drug-likeness (QED) is 0.445. The molecule has 2 amide bonds. The molecule has 3 aromatic rings. The highest BCUT2D eigenvalue weighted by molar-refractivity contribution is 7.17. The van der Waals surface area contributed by atoms with Gasteiger partial charge in [0.25, 0.3) is 5.91 Å². The van der Waals surface area contributed by atoms with Gasteiger partial charge in [-0.3, -0.25) is 9.59 Å². The number of rotatable bonds is 9. The topological polar surface area (TPSA) is 80.6 Å². The predicted molar refractivity (Wildman–Crippen MR) is 128 cm³/mol. The van der Waals surface area contributed by atoms with E-state index in [9.17, 15) is 9.59 Å². The predicted octanol–water partition coefficient (Wildman–Crippen LogP) is 5.02. The number of furan rings is 1. The van der Waals surface area contributed by atoms with Gasteiger partial charge in [0.1, 0.15) is 10.6 Å². The zero-order valence-electron chi connectivity index (χ0n) is 18.7. The molecular formula is C25H30N2O4S. The van der Waals surface area contributed by atoms with Gasteiger partial charge in [0.05, 0.1) is 18.2 Å². The Morgan fingerprint density at radius 2 is 2.06 bits per heavy atom. The van der Waals surface area contributed by atoms with Crippen molar-refractivity contribution in [1.82, 2.24) is 5.32 Å². The summed E-state index contributed by atoms with van der Waals surface area (Å²) in [6, 6.07) is 5.97. The Kier molecular flexibility index (Phi) is 7.27. The fourth-order valence-electron chi connectivity index (χ4n) is 4.17. The van der Waals surface area contributed by atoms with Gasteiger partial charge in [-0.05, 0) is 63.1 Å². The van der Waals surface area contributed by atoms with Crippen molar-refractivity contribution in [2.75, 3.05) is 25.1 Å². The standard InChI is InChI=1S/C25H30N2O4S/c1-3-30-12-6-11-26-24(29)23-19-7-4-5-8-21(19)32-25(23)27-22(28)14-17-15-31-20-13-16(2)9-10-18(17)20/h9-10,13,15H,3-8,11-12,14H2,1-2H3,(H,26,29)(H,27,28). The molecule has 0 aliphatic heterocycles. The lowest BCUT2D eigenvalue weighted by molar-refractivity contribution is -0.115. The molecule has 7 heteroatoms. The van der Waals surface area contributed by atoms with Crippen LogP contribution in [0.3, 0.4) is 0 Å². The molecule has 0 saturated heterocycles. The number of hydrogen-bond donors (Lipinski definition) is 2. The Bertz CT molecular complexity index is 1110. The summed E-state index contributed by atoms with van der Waals surface area (Å²) in [4.78, 5) is 27.2. The van der Waals surface area contributed by atoms with Crippen LogP contribution in [0.5, 0.6) is 0 Å².